The zero-order valence-corrected chi connectivity index (χ0v) is 25.6. The molecule has 0 bridgehead atoms. The molecular weight excluding hydrogens is 568 g/mol. The van der Waals surface area contributed by atoms with Gasteiger partial charge in [0.05, 0.1) is 52.8 Å². The van der Waals surface area contributed by atoms with Crippen molar-refractivity contribution in [2.45, 2.75) is 0 Å². The highest BCUT2D eigenvalue weighted by Crippen LogP contribution is 2.24. The van der Waals surface area contributed by atoms with Crippen LogP contribution in [0, 0.1) is 0 Å². The van der Waals surface area contributed by atoms with Crippen LogP contribution in [-0.2, 0) is 24.1 Å². The quantitative estimate of drug-likeness (QED) is 0.203. The van der Waals surface area contributed by atoms with Gasteiger partial charge in [-0.15, -0.1) is 0 Å². The number of hydroxylamine groups is 8. The second kappa shape index (κ2) is 17.0. The van der Waals surface area contributed by atoms with Gasteiger partial charge in [0, 0.05) is 39.3 Å². The van der Waals surface area contributed by atoms with Crippen LogP contribution < -0.4 is 9.47 Å². The molecule has 0 saturated heterocycles. The van der Waals surface area contributed by atoms with Crippen molar-refractivity contribution >= 4 is 23.6 Å². The molecule has 43 heavy (non-hydrogen) atoms. The fourth-order valence-corrected chi connectivity index (χ4v) is 3.46. The molecule has 2 aromatic rings. The Labute approximate surface area is 250 Å². The van der Waals surface area contributed by atoms with E-state index in [1.54, 1.807) is 0 Å². The monoisotopic (exact) mass is 606 g/mol. The Morgan fingerprint density at radius 3 is 1.16 bits per heavy atom. The van der Waals surface area contributed by atoms with Crippen LogP contribution in [0.15, 0.2) is 36.4 Å². The smallest absolute Gasteiger partial charge is 0.280 e. The van der Waals surface area contributed by atoms with E-state index in [-0.39, 0.29) is 60.2 Å². The van der Waals surface area contributed by atoms with Gasteiger partial charge in [0.1, 0.15) is 24.7 Å². The zero-order chi connectivity index (χ0) is 32.1. The van der Waals surface area contributed by atoms with Crippen LogP contribution in [0.2, 0.25) is 0 Å². The lowest BCUT2D eigenvalue weighted by Crippen LogP contribution is -2.28. The van der Waals surface area contributed by atoms with Crippen molar-refractivity contribution in [2.24, 2.45) is 0 Å². The molecule has 0 heterocycles. The number of hydrogen-bond donors (Lipinski definition) is 0. The number of benzene rings is 2. The standard InChI is InChI=1S/C28H38N4O11/c1-29(37-5)25(33)19-9-11-21(27(35)31(3)39-7)23(17-19)42-15-13-41-14-16-43-24-18-20(26(34)30(2)38-6)10-12-22(24)28(36)32(4)40-8/h9-12,17-18H,13-16H2,1-8H3. The Morgan fingerprint density at radius 1 is 0.512 bits per heavy atom. The van der Waals surface area contributed by atoms with Gasteiger partial charge in [-0.1, -0.05) is 0 Å². The molecule has 2 aromatic carbocycles. The van der Waals surface area contributed by atoms with Crippen LogP contribution in [-0.4, -0.2) is 127 Å². The Balaban J connectivity index is 2.06. The molecule has 15 heteroatoms. The molecule has 15 nitrogen and oxygen atoms in total. The predicted molar refractivity (Wildman–Crippen MR) is 151 cm³/mol. The summed E-state index contributed by atoms with van der Waals surface area (Å²) < 4.78 is 17.2. The van der Waals surface area contributed by atoms with Gasteiger partial charge < -0.3 is 14.2 Å². The molecule has 0 aliphatic heterocycles. The number of hydrogen-bond acceptors (Lipinski definition) is 11. The summed E-state index contributed by atoms with van der Waals surface area (Å²) in [5, 5.41) is 4.13. The van der Waals surface area contributed by atoms with Gasteiger partial charge in [0.25, 0.3) is 23.6 Å². The van der Waals surface area contributed by atoms with Gasteiger partial charge in [-0.25, -0.2) is 20.3 Å². The Hall–Kier alpha value is -4.28. The Bertz CT molecular complexity index is 1180. The van der Waals surface area contributed by atoms with Gasteiger partial charge in [-0.2, -0.15) is 0 Å². The lowest BCUT2D eigenvalue weighted by atomic mass is 10.1. The highest BCUT2D eigenvalue weighted by molar-refractivity contribution is 6.00. The van der Waals surface area contributed by atoms with Gasteiger partial charge >= 0.3 is 0 Å². The minimum Gasteiger partial charge on any atom is -0.490 e. The number of nitrogens with zero attached hydrogens (tertiary/aromatic N) is 4. The second-order valence-corrected chi connectivity index (χ2v) is 8.67. The normalized spacial score (nSPS) is 10.6. The number of amides is 4. The molecule has 0 aliphatic rings. The van der Waals surface area contributed by atoms with Crippen molar-refractivity contribution in [3.8, 4) is 11.5 Å². The van der Waals surface area contributed by atoms with Crippen LogP contribution in [0.3, 0.4) is 0 Å². The third kappa shape index (κ3) is 9.36. The minimum atomic E-state index is -0.479. The third-order valence-corrected chi connectivity index (χ3v) is 6.13. The molecule has 0 aromatic heterocycles. The number of carbonyl (C=O) groups excluding carboxylic acids is 4. The lowest BCUT2D eigenvalue weighted by molar-refractivity contribution is -0.0762. The molecule has 0 N–H and O–H groups in total. The maximum atomic E-state index is 12.7. The summed E-state index contributed by atoms with van der Waals surface area (Å²) in [7, 11) is 11.2. The van der Waals surface area contributed by atoms with Crippen molar-refractivity contribution in [2.75, 3.05) is 83.1 Å². The molecular formula is C28H38N4O11. The maximum Gasteiger partial charge on any atom is 0.280 e. The third-order valence-electron chi connectivity index (χ3n) is 6.13. The summed E-state index contributed by atoms with van der Waals surface area (Å²) >= 11 is 0. The van der Waals surface area contributed by atoms with Crippen LogP contribution in [0.4, 0.5) is 0 Å². The van der Waals surface area contributed by atoms with E-state index in [1.807, 2.05) is 0 Å². The Morgan fingerprint density at radius 2 is 0.837 bits per heavy atom. The van der Waals surface area contributed by atoms with E-state index in [2.05, 4.69) is 0 Å². The fraction of sp³-hybridized carbons (Fsp3) is 0.429. The second-order valence-electron chi connectivity index (χ2n) is 8.67. The van der Waals surface area contributed by atoms with Crippen molar-refractivity contribution in [3.63, 3.8) is 0 Å². The van der Waals surface area contributed by atoms with Gasteiger partial charge in [-0.05, 0) is 36.4 Å². The summed E-state index contributed by atoms with van der Waals surface area (Å²) in [6.07, 6.45) is 0. The van der Waals surface area contributed by atoms with Gasteiger partial charge in [-0.3, -0.25) is 38.5 Å². The molecule has 0 aliphatic carbocycles. The molecule has 4 amide bonds. The van der Waals surface area contributed by atoms with Crippen molar-refractivity contribution in [1.29, 1.82) is 0 Å². The molecule has 0 radical (unpaired) electrons. The average molecular weight is 607 g/mol. The average Bonchev–Trinajstić information content (AvgIpc) is 3.04. The summed E-state index contributed by atoms with van der Waals surface area (Å²) in [4.78, 5) is 70.3. The van der Waals surface area contributed by atoms with E-state index in [0.717, 1.165) is 20.3 Å². The first kappa shape index (κ1) is 34.9. The van der Waals surface area contributed by atoms with Gasteiger partial charge in [0.15, 0.2) is 0 Å². The summed E-state index contributed by atoms with van der Waals surface area (Å²) in [5.74, 6) is -1.53. The Kier molecular flexibility index (Phi) is 13.8. The van der Waals surface area contributed by atoms with Crippen molar-refractivity contribution in [3.05, 3.63) is 58.7 Å². The largest absolute Gasteiger partial charge is 0.490 e. The van der Waals surface area contributed by atoms with E-state index in [9.17, 15) is 19.2 Å². The molecule has 2 rings (SSSR count). The highest BCUT2D eigenvalue weighted by atomic mass is 16.7. The first-order valence-electron chi connectivity index (χ1n) is 12.9. The topological polar surface area (TPSA) is 146 Å². The van der Waals surface area contributed by atoms with E-state index in [0.29, 0.717) is 0 Å². The lowest BCUT2D eigenvalue weighted by Gasteiger charge is -2.19. The molecule has 0 unspecified atom stereocenters. The van der Waals surface area contributed by atoms with E-state index >= 15 is 0 Å². The first-order chi connectivity index (χ1) is 20.5. The molecule has 0 atom stereocenters. The SMILES string of the molecule is CON(C)C(=O)c1ccc(C(=O)N(C)OC)c(OCCOCCOc2cc(C(=O)N(C)OC)ccc2C(=O)N(C)OC)c1. The minimum absolute atomic E-state index is 0.0322. The van der Waals surface area contributed by atoms with Crippen molar-refractivity contribution < 1.29 is 52.7 Å². The molecule has 0 saturated carbocycles. The zero-order valence-electron chi connectivity index (χ0n) is 25.6. The van der Waals surface area contributed by atoms with Crippen LogP contribution >= 0.6 is 0 Å². The van der Waals surface area contributed by atoms with E-state index < -0.39 is 23.6 Å². The molecule has 0 spiro atoms. The van der Waals surface area contributed by atoms with Crippen molar-refractivity contribution in [1.82, 2.24) is 20.3 Å². The number of ether oxygens (including phenoxy) is 3. The fourth-order valence-electron chi connectivity index (χ4n) is 3.46. The van der Waals surface area contributed by atoms with E-state index in [4.69, 9.17) is 33.6 Å². The van der Waals surface area contributed by atoms with Crippen LogP contribution in [0.25, 0.3) is 0 Å². The van der Waals surface area contributed by atoms with Crippen LogP contribution in [0.5, 0.6) is 11.5 Å². The number of rotatable bonds is 16. The maximum absolute atomic E-state index is 12.7. The highest BCUT2D eigenvalue weighted by Gasteiger charge is 2.22. The molecule has 0 fully saturated rings. The summed E-state index contributed by atoms with van der Waals surface area (Å²) in [6.45, 7) is 0.264. The van der Waals surface area contributed by atoms with Gasteiger partial charge in [0.2, 0.25) is 0 Å². The first-order valence-corrected chi connectivity index (χ1v) is 12.9. The molecule has 236 valence electrons. The van der Waals surface area contributed by atoms with E-state index in [1.165, 1.54) is 93.0 Å². The summed E-state index contributed by atoms with van der Waals surface area (Å²) in [6, 6.07) is 8.75. The summed E-state index contributed by atoms with van der Waals surface area (Å²) in [5.41, 5.74) is 0.839. The van der Waals surface area contributed by atoms with Crippen LogP contribution in [0.1, 0.15) is 41.4 Å². The predicted octanol–water partition coefficient (Wildman–Crippen LogP) is 1.69. The number of carbonyl (C=O) groups is 4.